The third-order valence-corrected chi connectivity index (χ3v) is 10.4. The van der Waals surface area contributed by atoms with E-state index in [0.29, 0.717) is 70.5 Å². The highest BCUT2D eigenvalue weighted by atomic mass is 35.5. The van der Waals surface area contributed by atoms with Gasteiger partial charge in [0, 0.05) is 38.3 Å². The molecule has 7 rings (SSSR count). The minimum Gasteiger partial charge on any atom is -0.384 e. The molecule has 0 radical (unpaired) electrons. The number of halogens is 2. The fourth-order valence-electron chi connectivity index (χ4n) is 5.35. The number of carbonyl (C=O) groups excluding carboxylic acids is 2. The molecule has 1 saturated heterocycles. The predicted octanol–water partition coefficient (Wildman–Crippen LogP) is 7.39. The van der Waals surface area contributed by atoms with E-state index in [9.17, 15) is 9.59 Å². The minimum atomic E-state index is -0.278. The molecule has 2 aromatic carbocycles. The number of rotatable bonds is 9. The summed E-state index contributed by atoms with van der Waals surface area (Å²) >= 11 is 14.8. The Labute approximate surface area is 335 Å². The number of piperazine rings is 1. The molecule has 0 unspecified atom stereocenters. The van der Waals surface area contributed by atoms with Crippen LogP contribution in [0.15, 0.2) is 60.9 Å². The molecule has 0 saturated carbocycles. The number of aromatic nitrogens is 6. The number of amides is 2. The van der Waals surface area contributed by atoms with Gasteiger partial charge in [-0.05, 0) is 51.0 Å². The second-order valence-corrected chi connectivity index (χ2v) is 15.1. The van der Waals surface area contributed by atoms with Gasteiger partial charge in [-0.3, -0.25) is 9.59 Å². The quantitative estimate of drug-likeness (QED) is 0.0845. The first-order valence-corrected chi connectivity index (χ1v) is 19.3. The van der Waals surface area contributed by atoms with Gasteiger partial charge in [0.2, 0.25) is 0 Å². The third kappa shape index (κ3) is 10.4. The summed E-state index contributed by atoms with van der Waals surface area (Å²) in [5, 5.41) is 17.3. The molecule has 0 bridgehead atoms. The van der Waals surface area contributed by atoms with Crippen LogP contribution in [0, 0.1) is 27.7 Å². The van der Waals surface area contributed by atoms with Gasteiger partial charge in [-0.25, -0.2) is 29.9 Å². The lowest BCUT2D eigenvalue weighted by atomic mass is 10.2. The minimum absolute atomic E-state index is 0.253. The summed E-state index contributed by atoms with van der Waals surface area (Å²) in [4.78, 5) is 53.9. The van der Waals surface area contributed by atoms with Crippen LogP contribution in [-0.4, -0.2) is 67.9 Å². The fraction of sp³-hybridized carbons (Fsp3) is 0.222. The van der Waals surface area contributed by atoms with Crippen LogP contribution in [0.1, 0.15) is 42.1 Å². The maximum absolute atomic E-state index is 12.6. The van der Waals surface area contributed by atoms with Crippen molar-refractivity contribution in [3.8, 4) is 0 Å². The van der Waals surface area contributed by atoms with Crippen molar-refractivity contribution < 1.29 is 9.59 Å². The highest BCUT2D eigenvalue weighted by Gasteiger charge is 2.17. The average molecular weight is 819 g/mol. The van der Waals surface area contributed by atoms with E-state index in [-0.39, 0.29) is 11.8 Å². The Balaban J connectivity index is 0.000000190. The fourth-order valence-corrected chi connectivity index (χ4v) is 7.33. The Hall–Kier alpha value is -5.46. The van der Waals surface area contributed by atoms with Crippen molar-refractivity contribution in [1.82, 2.24) is 35.2 Å². The Morgan fingerprint density at radius 1 is 0.727 bits per heavy atom. The van der Waals surface area contributed by atoms with Gasteiger partial charge in [0.1, 0.15) is 44.7 Å². The summed E-state index contributed by atoms with van der Waals surface area (Å²) < 4.78 is 0. The van der Waals surface area contributed by atoms with E-state index in [1.54, 1.807) is 31.3 Å². The number of benzene rings is 2. The third-order valence-electron chi connectivity index (χ3n) is 7.97. The van der Waals surface area contributed by atoms with Gasteiger partial charge in [-0.2, -0.15) is 0 Å². The van der Waals surface area contributed by atoms with Gasteiger partial charge in [-0.1, -0.05) is 70.1 Å². The molecule has 1 fully saturated rings. The molecule has 284 valence electrons. The standard InChI is InChI=1S/C20H22ClN7OS.C16H15ClN6OS/c1-12-4-3-5-14(21)18(12)27-19(29)15-11-23-20(30-15)26-16-10-17(25-13(2)24-16)28-8-6-22-7-9-28;1-8-4-3-5-10(17)14(8)23-15(24)11-7-19-16(25-11)22-13-6-12(18)20-9(2)21-13/h3-5,10-11,22H,6-9H2,1-2H3,(H,27,29)(H,23,24,25,26);3-7H,1-2H3,(H,23,24)(H3,18,19,20,21,22). The number of thiazole rings is 2. The Bertz CT molecular complexity index is 2270. The zero-order valence-electron chi connectivity index (χ0n) is 30.2. The summed E-state index contributed by atoms with van der Waals surface area (Å²) in [6.07, 6.45) is 3.03. The van der Waals surface area contributed by atoms with Crippen molar-refractivity contribution in [2.45, 2.75) is 27.7 Å². The summed E-state index contributed by atoms with van der Waals surface area (Å²) in [6, 6.07) is 14.4. The number of nitrogens with one attached hydrogen (secondary N) is 5. The van der Waals surface area contributed by atoms with Crippen LogP contribution in [0.3, 0.4) is 0 Å². The van der Waals surface area contributed by atoms with Gasteiger partial charge < -0.3 is 37.2 Å². The summed E-state index contributed by atoms with van der Waals surface area (Å²) in [5.74, 6) is 3.11. The maximum atomic E-state index is 12.6. The molecule has 0 atom stereocenters. The highest BCUT2D eigenvalue weighted by Crippen LogP contribution is 2.30. The highest BCUT2D eigenvalue weighted by molar-refractivity contribution is 7.18. The first-order chi connectivity index (χ1) is 26.4. The number of para-hydroxylation sites is 2. The number of hydrogen-bond acceptors (Lipinski definition) is 15. The SMILES string of the molecule is Cc1nc(N)cc(Nc2ncc(C(=O)Nc3c(C)cccc3Cl)s2)n1.Cc1nc(Nc2ncc(C(=O)Nc3c(C)cccc3Cl)s2)cc(N2CCNCC2)n1. The second-order valence-electron chi connectivity index (χ2n) is 12.2. The van der Waals surface area contributed by atoms with E-state index in [1.165, 1.54) is 28.9 Å². The molecule has 0 spiro atoms. The first-order valence-electron chi connectivity index (χ1n) is 16.9. The number of nitrogen functional groups attached to an aromatic ring is 1. The Morgan fingerprint density at radius 2 is 1.22 bits per heavy atom. The molecule has 1 aliphatic rings. The molecule has 19 heteroatoms. The predicted molar refractivity (Wildman–Crippen MR) is 222 cm³/mol. The van der Waals surface area contributed by atoms with Crippen molar-refractivity contribution in [2.75, 3.05) is 58.1 Å². The second kappa shape index (κ2) is 17.8. The van der Waals surface area contributed by atoms with Gasteiger partial charge in [-0.15, -0.1) is 0 Å². The van der Waals surface area contributed by atoms with Crippen molar-refractivity contribution >= 4 is 103 Å². The van der Waals surface area contributed by atoms with Crippen molar-refractivity contribution in [1.29, 1.82) is 0 Å². The molecule has 5 heterocycles. The molecular formula is C36H37Cl2N13O2S2. The topological polar surface area (TPSA) is 201 Å². The largest absolute Gasteiger partial charge is 0.384 e. The van der Waals surface area contributed by atoms with Crippen LogP contribution in [0.2, 0.25) is 10.0 Å². The van der Waals surface area contributed by atoms with Crippen LogP contribution in [-0.2, 0) is 0 Å². The zero-order chi connectivity index (χ0) is 39.1. The van der Waals surface area contributed by atoms with Crippen molar-refractivity contribution in [3.05, 3.63) is 103 Å². The monoisotopic (exact) mass is 817 g/mol. The van der Waals surface area contributed by atoms with Gasteiger partial charge in [0.05, 0.1) is 33.8 Å². The Kier molecular flexibility index (Phi) is 12.7. The van der Waals surface area contributed by atoms with E-state index in [4.69, 9.17) is 28.9 Å². The first kappa shape index (κ1) is 39.2. The van der Waals surface area contributed by atoms with E-state index < -0.39 is 0 Å². The molecule has 55 heavy (non-hydrogen) atoms. The van der Waals surface area contributed by atoms with Gasteiger partial charge in [0.15, 0.2) is 10.3 Å². The van der Waals surface area contributed by atoms with Crippen LogP contribution in [0.25, 0.3) is 0 Å². The summed E-state index contributed by atoms with van der Waals surface area (Å²) in [7, 11) is 0. The lowest BCUT2D eigenvalue weighted by Gasteiger charge is -2.28. The molecular weight excluding hydrogens is 782 g/mol. The number of nitrogens with two attached hydrogens (primary N) is 1. The molecule has 6 aromatic rings. The van der Waals surface area contributed by atoms with Crippen molar-refractivity contribution in [3.63, 3.8) is 0 Å². The lowest BCUT2D eigenvalue weighted by molar-refractivity contribution is 0.102. The lowest BCUT2D eigenvalue weighted by Crippen LogP contribution is -2.44. The normalized spacial score (nSPS) is 12.4. The molecule has 2 amide bonds. The van der Waals surface area contributed by atoms with E-state index in [1.807, 2.05) is 51.1 Å². The summed E-state index contributed by atoms with van der Waals surface area (Å²) in [6.45, 7) is 11.1. The average Bonchev–Trinajstić information content (AvgIpc) is 3.82. The number of nitrogens with zero attached hydrogens (tertiary/aromatic N) is 7. The van der Waals surface area contributed by atoms with Crippen LogP contribution < -0.4 is 37.2 Å². The van der Waals surface area contributed by atoms with E-state index >= 15 is 0 Å². The number of aryl methyl sites for hydroxylation is 4. The van der Waals surface area contributed by atoms with Gasteiger partial charge >= 0.3 is 0 Å². The van der Waals surface area contributed by atoms with Crippen LogP contribution >= 0.6 is 45.9 Å². The maximum Gasteiger partial charge on any atom is 0.267 e. The van der Waals surface area contributed by atoms with Crippen LogP contribution in [0.5, 0.6) is 0 Å². The van der Waals surface area contributed by atoms with Crippen LogP contribution in [0.4, 0.5) is 44.9 Å². The number of hydrogen-bond donors (Lipinski definition) is 6. The number of carbonyl (C=O) groups is 2. The molecule has 7 N–H and O–H groups in total. The van der Waals surface area contributed by atoms with Crippen molar-refractivity contribution in [2.24, 2.45) is 0 Å². The number of anilines is 8. The summed E-state index contributed by atoms with van der Waals surface area (Å²) in [5.41, 5.74) is 8.68. The van der Waals surface area contributed by atoms with Gasteiger partial charge in [0.25, 0.3) is 11.8 Å². The zero-order valence-corrected chi connectivity index (χ0v) is 33.3. The van der Waals surface area contributed by atoms with E-state index in [2.05, 4.69) is 61.4 Å². The Morgan fingerprint density at radius 3 is 1.71 bits per heavy atom. The smallest absolute Gasteiger partial charge is 0.267 e. The molecule has 4 aromatic heterocycles. The molecule has 15 nitrogen and oxygen atoms in total. The van der Waals surface area contributed by atoms with E-state index in [0.717, 1.165) is 43.1 Å². The molecule has 0 aliphatic carbocycles. The molecule has 1 aliphatic heterocycles.